The van der Waals surface area contributed by atoms with Crippen molar-refractivity contribution in [3.8, 4) is 0 Å². The van der Waals surface area contributed by atoms with Crippen molar-refractivity contribution in [3.63, 3.8) is 0 Å². The van der Waals surface area contributed by atoms with Crippen LogP contribution < -0.4 is 10.2 Å². The lowest BCUT2D eigenvalue weighted by Crippen LogP contribution is -2.35. The Hall–Kier alpha value is -3.12. The summed E-state index contributed by atoms with van der Waals surface area (Å²) in [5.41, 5.74) is 5.67. The first-order valence-electron chi connectivity index (χ1n) is 10.8. The lowest BCUT2D eigenvalue weighted by molar-refractivity contribution is -0.137. The van der Waals surface area contributed by atoms with E-state index in [1.165, 1.54) is 23.4 Å². The molecule has 162 valence electrons. The molecule has 0 bridgehead atoms. The number of imide groups is 1. The summed E-state index contributed by atoms with van der Waals surface area (Å²) in [6, 6.07) is 13.9. The van der Waals surface area contributed by atoms with Gasteiger partial charge in [0.1, 0.15) is 5.70 Å². The van der Waals surface area contributed by atoms with E-state index in [1.807, 2.05) is 44.2 Å². The van der Waals surface area contributed by atoms with E-state index in [0.29, 0.717) is 17.9 Å². The number of methoxy groups -OCH3 is 1. The number of benzene rings is 2. The second-order valence-electron chi connectivity index (χ2n) is 8.17. The summed E-state index contributed by atoms with van der Waals surface area (Å²) in [6.07, 6.45) is 2.44. The maximum absolute atomic E-state index is 13.2. The van der Waals surface area contributed by atoms with Crippen LogP contribution in [0.15, 0.2) is 48.2 Å². The van der Waals surface area contributed by atoms with E-state index in [9.17, 15) is 9.59 Å². The third kappa shape index (κ3) is 4.21. The molecule has 2 aliphatic rings. The molecule has 0 saturated carbocycles. The summed E-state index contributed by atoms with van der Waals surface area (Å²) < 4.78 is 5.10. The minimum Gasteiger partial charge on any atom is -0.383 e. The topological polar surface area (TPSA) is 61.9 Å². The molecule has 0 radical (unpaired) electrons. The lowest BCUT2D eigenvalue weighted by Gasteiger charge is -2.18. The molecule has 0 unspecified atom stereocenters. The van der Waals surface area contributed by atoms with Gasteiger partial charge in [0.05, 0.1) is 18.7 Å². The second-order valence-corrected chi connectivity index (χ2v) is 8.17. The van der Waals surface area contributed by atoms with Crippen LogP contribution in [0.2, 0.25) is 0 Å². The zero-order valence-electron chi connectivity index (χ0n) is 18.4. The van der Waals surface area contributed by atoms with Gasteiger partial charge in [-0.05, 0) is 67.6 Å². The van der Waals surface area contributed by atoms with Crippen LogP contribution in [-0.4, -0.2) is 50.1 Å². The Bertz CT molecular complexity index is 1020. The quantitative estimate of drug-likeness (QED) is 0.693. The van der Waals surface area contributed by atoms with E-state index in [0.717, 1.165) is 35.5 Å². The van der Waals surface area contributed by atoms with Gasteiger partial charge in [0.25, 0.3) is 11.8 Å². The number of rotatable bonds is 7. The number of aryl methyl sites for hydroxylation is 2. The number of anilines is 2. The van der Waals surface area contributed by atoms with Crippen molar-refractivity contribution >= 4 is 28.8 Å². The molecule has 31 heavy (non-hydrogen) atoms. The predicted molar refractivity (Wildman–Crippen MR) is 123 cm³/mol. The van der Waals surface area contributed by atoms with Crippen LogP contribution in [-0.2, 0) is 14.3 Å². The molecule has 2 aliphatic heterocycles. The molecular weight excluding hydrogens is 390 g/mol. The summed E-state index contributed by atoms with van der Waals surface area (Å²) in [5.74, 6) is -0.611. The van der Waals surface area contributed by atoms with Crippen molar-refractivity contribution in [1.82, 2.24) is 4.90 Å². The van der Waals surface area contributed by atoms with Gasteiger partial charge < -0.3 is 15.0 Å². The third-order valence-corrected chi connectivity index (χ3v) is 6.09. The average Bonchev–Trinajstić information content (AvgIpc) is 3.38. The molecule has 2 heterocycles. The Kier molecular flexibility index (Phi) is 6.09. The average molecular weight is 420 g/mol. The van der Waals surface area contributed by atoms with Crippen LogP contribution in [0.5, 0.6) is 0 Å². The number of nitrogens with one attached hydrogen (secondary N) is 1. The van der Waals surface area contributed by atoms with Crippen LogP contribution in [0.25, 0.3) is 5.57 Å². The summed E-state index contributed by atoms with van der Waals surface area (Å²) in [7, 11) is 1.56. The van der Waals surface area contributed by atoms with Crippen LogP contribution >= 0.6 is 0 Å². The van der Waals surface area contributed by atoms with Crippen molar-refractivity contribution in [2.24, 2.45) is 0 Å². The zero-order valence-corrected chi connectivity index (χ0v) is 18.4. The monoisotopic (exact) mass is 419 g/mol. The van der Waals surface area contributed by atoms with Gasteiger partial charge in [0, 0.05) is 31.6 Å². The second kappa shape index (κ2) is 8.94. The molecule has 6 heteroatoms. The van der Waals surface area contributed by atoms with Crippen molar-refractivity contribution in [1.29, 1.82) is 0 Å². The molecule has 1 fully saturated rings. The molecule has 1 saturated heterocycles. The number of hydrogen-bond donors (Lipinski definition) is 1. The van der Waals surface area contributed by atoms with Gasteiger partial charge >= 0.3 is 0 Å². The zero-order chi connectivity index (χ0) is 22.0. The highest BCUT2D eigenvalue weighted by molar-refractivity contribution is 6.36. The first kappa shape index (κ1) is 21.1. The van der Waals surface area contributed by atoms with E-state index in [-0.39, 0.29) is 18.4 Å². The van der Waals surface area contributed by atoms with E-state index in [4.69, 9.17) is 4.74 Å². The Morgan fingerprint density at radius 2 is 1.65 bits per heavy atom. The number of carbonyl (C=O) groups is 2. The van der Waals surface area contributed by atoms with Crippen molar-refractivity contribution < 1.29 is 14.3 Å². The van der Waals surface area contributed by atoms with Crippen molar-refractivity contribution in [2.45, 2.75) is 26.7 Å². The molecule has 0 atom stereocenters. The van der Waals surface area contributed by atoms with Gasteiger partial charge in [-0.15, -0.1) is 0 Å². The Morgan fingerprint density at radius 3 is 2.29 bits per heavy atom. The van der Waals surface area contributed by atoms with Gasteiger partial charge in [0.2, 0.25) is 0 Å². The van der Waals surface area contributed by atoms with E-state index < -0.39 is 0 Å². The van der Waals surface area contributed by atoms with Gasteiger partial charge in [-0.1, -0.05) is 18.2 Å². The summed E-state index contributed by atoms with van der Waals surface area (Å²) in [5, 5.41) is 3.24. The predicted octanol–water partition coefficient (Wildman–Crippen LogP) is 3.74. The van der Waals surface area contributed by atoms with Gasteiger partial charge in [-0.25, -0.2) is 0 Å². The fourth-order valence-electron chi connectivity index (χ4n) is 4.12. The number of ether oxygens (including phenoxy) is 1. The highest BCUT2D eigenvalue weighted by atomic mass is 16.5. The number of carbonyl (C=O) groups excluding carboxylic acids is 2. The van der Waals surface area contributed by atoms with Crippen LogP contribution in [0.3, 0.4) is 0 Å². The Labute approximate surface area is 183 Å². The first-order chi connectivity index (χ1) is 15.0. The molecule has 2 aromatic carbocycles. The minimum atomic E-state index is -0.320. The third-order valence-electron chi connectivity index (χ3n) is 6.09. The molecule has 0 aliphatic carbocycles. The van der Waals surface area contributed by atoms with Gasteiger partial charge in [0.15, 0.2) is 0 Å². The largest absolute Gasteiger partial charge is 0.383 e. The van der Waals surface area contributed by atoms with Crippen LogP contribution in [0.1, 0.15) is 29.5 Å². The molecule has 0 spiro atoms. The summed E-state index contributed by atoms with van der Waals surface area (Å²) in [6.45, 7) is 6.72. The first-order valence-corrected chi connectivity index (χ1v) is 10.8. The summed E-state index contributed by atoms with van der Waals surface area (Å²) in [4.78, 5) is 30.0. The van der Waals surface area contributed by atoms with E-state index >= 15 is 0 Å². The summed E-state index contributed by atoms with van der Waals surface area (Å²) >= 11 is 0. The maximum Gasteiger partial charge on any atom is 0.278 e. The normalized spacial score (nSPS) is 16.6. The van der Waals surface area contributed by atoms with Gasteiger partial charge in [-0.3, -0.25) is 14.5 Å². The lowest BCUT2D eigenvalue weighted by atomic mass is 9.99. The van der Waals surface area contributed by atoms with E-state index in [2.05, 4.69) is 22.3 Å². The smallest absolute Gasteiger partial charge is 0.278 e. The molecule has 4 rings (SSSR count). The molecule has 6 nitrogen and oxygen atoms in total. The SMILES string of the molecule is COCCN1C(=O)C(Nc2ccc(N3CCCC3)cc2)=C(c2ccc(C)c(C)c2)C1=O. The number of hydrogen-bond acceptors (Lipinski definition) is 5. The number of amides is 2. The minimum absolute atomic E-state index is 0.224. The standard InChI is InChI=1S/C25H29N3O3/c1-17-6-7-19(16-18(17)2)22-23(25(30)28(24(22)29)14-15-31-3)26-20-8-10-21(11-9-20)27-12-4-5-13-27/h6-11,16,26H,4-5,12-15H2,1-3H3. The molecule has 2 aromatic rings. The molecular formula is C25H29N3O3. The fourth-order valence-corrected chi connectivity index (χ4v) is 4.12. The highest BCUT2D eigenvalue weighted by Crippen LogP contribution is 2.32. The van der Waals surface area contributed by atoms with Crippen molar-refractivity contribution in [3.05, 3.63) is 64.9 Å². The Morgan fingerprint density at radius 1 is 0.935 bits per heavy atom. The molecule has 2 amide bonds. The fraction of sp³-hybridized carbons (Fsp3) is 0.360. The van der Waals surface area contributed by atoms with Crippen molar-refractivity contribution in [2.75, 3.05) is 43.6 Å². The molecule has 0 aromatic heterocycles. The maximum atomic E-state index is 13.2. The van der Waals surface area contributed by atoms with Crippen LogP contribution in [0, 0.1) is 13.8 Å². The van der Waals surface area contributed by atoms with E-state index in [1.54, 1.807) is 7.11 Å². The Balaban J connectivity index is 1.67. The highest BCUT2D eigenvalue weighted by Gasteiger charge is 2.39. The molecule has 1 N–H and O–H groups in total. The number of nitrogens with zero attached hydrogens (tertiary/aromatic N) is 2. The van der Waals surface area contributed by atoms with Gasteiger partial charge in [-0.2, -0.15) is 0 Å². The van der Waals surface area contributed by atoms with Crippen LogP contribution in [0.4, 0.5) is 11.4 Å².